The fourth-order valence-corrected chi connectivity index (χ4v) is 14.8. The Kier molecular flexibility index (Phi) is 27.9. The number of methoxy groups -OCH3 is 2. The maximum absolute atomic E-state index is 12.8. The number of nitrogens with one attached hydrogen (secondary N) is 1. The molecule has 3 saturated heterocycles. The summed E-state index contributed by atoms with van der Waals surface area (Å²) in [7, 11) is 3.34. The average molecular weight is 1590 g/mol. The van der Waals surface area contributed by atoms with Crippen LogP contribution in [0.3, 0.4) is 0 Å². The summed E-state index contributed by atoms with van der Waals surface area (Å²) in [5, 5.41) is 57.0. The van der Waals surface area contributed by atoms with Crippen molar-refractivity contribution < 1.29 is 56.6 Å². The molecule has 23 nitrogen and oxygen atoms in total. The minimum Gasteiger partial charge on any atom is -0.497 e. The predicted octanol–water partition coefficient (Wildman–Crippen LogP) is 13.2. The van der Waals surface area contributed by atoms with Gasteiger partial charge in [-0.25, -0.2) is 28.8 Å². The molecule has 0 bridgehead atoms. The second kappa shape index (κ2) is 37.4. The Labute approximate surface area is 647 Å². The van der Waals surface area contributed by atoms with Gasteiger partial charge in [-0.05, 0) is 171 Å². The molecule has 6 unspecified atom stereocenters. The maximum atomic E-state index is 12.8. The molecule has 0 radical (unpaired) electrons. The highest BCUT2D eigenvalue weighted by Gasteiger charge is 2.45. The first kappa shape index (κ1) is 80.0. The quantitative estimate of drug-likeness (QED) is 0.0471. The molecular weight excluding hydrogens is 1500 g/mol. The molecule has 14 rings (SSSR count). The van der Waals surface area contributed by atoms with E-state index >= 15 is 0 Å². The first-order chi connectivity index (χ1) is 52.1. The van der Waals surface area contributed by atoms with Crippen molar-refractivity contribution in [2.45, 2.75) is 136 Å². The van der Waals surface area contributed by atoms with Crippen molar-refractivity contribution in [3.8, 4) is 11.5 Å². The summed E-state index contributed by atoms with van der Waals surface area (Å²) in [6, 6.07) is 49.0. The van der Waals surface area contributed by atoms with Crippen LogP contribution in [-0.2, 0) is 55.3 Å². The summed E-state index contributed by atoms with van der Waals surface area (Å²) in [6.45, 7) is 15.7. The number of aliphatic hydroxyl groups is 4. The summed E-state index contributed by atoms with van der Waals surface area (Å²) >= 11 is 22.7. The molecule has 3 aliphatic rings. The van der Waals surface area contributed by atoms with E-state index in [1.807, 2.05) is 91.0 Å². The van der Waals surface area contributed by atoms with Crippen LogP contribution in [0, 0.1) is 35.5 Å². The number of fused-ring (bicyclic) bond motifs is 3. The van der Waals surface area contributed by atoms with E-state index in [0.29, 0.717) is 100 Å². The van der Waals surface area contributed by atoms with Gasteiger partial charge in [-0.3, -0.25) is 13.2 Å². The number of H-pyrrole nitrogens is 1. The summed E-state index contributed by atoms with van der Waals surface area (Å²) < 4.78 is 58.5. The van der Waals surface area contributed by atoms with Gasteiger partial charge in [0.2, 0.25) is 0 Å². The van der Waals surface area contributed by atoms with E-state index in [4.69, 9.17) is 70.9 Å². The highest BCUT2D eigenvalue weighted by atomic mass is 79.9. The fraction of sp³-hybridized carbons (Fsp3) is 0.400. The number of aromatic nitrogens is 9. The van der Waals surface area contributed by atoms with Crippen molar-refractivity contribution in [3.05, 3.63) is 267 Å². The summed E-state index contributed by atoms with van der Waals surface area (Å²) in [5.74, 6) is 4.16. The molecule has 0 saturated carbocycles. The van der Waals surface area contributed by atoms with Gasteiger partial charge in [0.15, 0.2) is 16.9 Å². The molecule has 0 aliphatic carbocycles. The van der Waals surface area contributed by atoms with Crippen molar-refractivity contribution in [1.82, 2.24) is 43.0 Å². The van der Waals surface area contributed by atoms with Crippen LogP contribution in [-0.4, -0.2) is 134 Å². The summed E-state index contributed by atoms with van der Waals surface area (Å²) in [4.78, 5) is 36.1. The Balaban J connectivity index is 0.000000175. The summed E-state index contributed by atoms with van der Waals surface area (Å²) in [5.41, 5.74) is 8.48. The number of hydrogen-bond acceptors (Lipinski definition) is 17. The number of benzene rings is 5. The topological polar surface area (TPSA) is 274 Å². The largest absolute Gasteiger partial charge is 0.497 e. The van der Waals surface area contributed by atoms with Crippen LogP contribution in [0.25, 0.3) is 16.9 Å². The van der Waals surface area contributed by atoms with Gasteiger partial charge in [-0.1, -0.05) is 166 Å². The molecule has 0 amide bonds. The van der Waals surface area contributed by atoms with E-state index < -0.39 is 37.1 Å². The summed E-state index contributed by atoms with van der Waals surface area (Å²) in [6.07, 6.45) is -1.35. The van der Waals surface area contributed by atoms with Crippen molar-refractivity contribution in [2.24, 2.45) is 35.5 Å². The number of ether oxygens (including phenoxy) is 7. The van der Waals surface area contributed by atoms with Crippen LogP contribution in [0.2, 0.25) is 15.1 Å². The van der Waals surface area contributed by atoms with Gasteiger partial charge in [0, 0.05) is 42.0 Å². The lowest BCUT2D eigenvalue weighted by atomic mass is 9.75. The number of rotatable bonds is 19. The second-order valence-corrected chi connectivity index (χ2v) is 29.0. The minimum atomic E-state index is -1.48. The zero-order valence-electron chi connectivity index (χ0n) is 62.0. The van der Waals surface area contributed by atoms with Crippen LogP contribution in [0.4, 0.5) is 0 Å². The average Bonchev–Trinajstić information content (AvgIpc) is 1.76. The smallest absolute Gasteiger partial charge is 0.350 e. The van der Waals surface area contributed by atoms with Gasteiger partial charge in [0.05, 0.1) is 84.8 Å². The second-order valence-electron chi connectivity index (χ2n) is 27.2. The lowest BCUT2D eigenvalue weighted by molar-refractivity contribution is -0.231. The zero-order chi connectivity index (χ0) is 77.5. The van der Waals surface area contributed by atoms with Gasteiger partial charge in [-0.15, -0.1) is 10.2 Å². The van der Waals surface area contributed by atoms with Crippen LogP contribution in [0.5, 0.6) is 11.5 Å². The molecule has 3 fully saturated rings. The highest BCUT2D eigenvalue weighted by molar-refractivity contribution is 9.08. The standard InChI is InChI=1S/C30H34ClN3O4.C24H30BrClO3.C19H20ClN3O6.C6H5N3O.CH4.H2/c1-19-20(2)27(18-37-17-22-8-11-25(36-4)12-9-22)38-29(21(19)3)23-10-13-26(31)24(15-23)16-34-30(35)33-14-6-5-7-28(33)32-34;1-15-16(2)23(14-28-13-18-5-8-21(27-4)9-6-18)29-24(17(15)3)19-7-10-22(26)20(11-19)12-25;20-12-5-4-10(18-17(27)16(26)15(25)13(9-24)29-18)7-11(12)8-23-19(28)22-6-2-1-3-14(22)21-23;10-6-8-7-5-3-1-2-4-9(5)6;;/h5-15,19-21,27,29H,16-18H2,1-4H3;5-11,15-17,23-24H,12-14H2,1-4H3;1-7,13,15-18,24-27H,8-9H2;1-4H,(H,8,10);1H4;1H/t19-,20-,21?,27?,29+;15-,16-,17?,23?,24+;13?,15-,16+,17?,18+;;;/m001.../s1/i;;;;;1+1D. The molecule has 0 spiro atoms. The molecule has 6 aromatic heterocycles. The van der Waals surface area contributed by atoms with E-state index in [1.54, 1.807) is 81.3 Å². The maximum Gasteiger partial charge on any atom is 0.350 e. The molecular formula is C80H95BrCl3N9O14. The van der Waals surface area contributed by atoms with E-state index in [0.717, 1.165) is 49.7 Å². The molecule has 5 aromatic carbocycles. The number of alkyl halides is 1. The molecule has 5 N–H and O–H groups in total. The normalized spacial score (nSPS) is 24.2. The minimum absolute atomic E-state index is 0. The van der Waals surface area contributed by atoms with Crippen molar-refractivity contribution in [1.29, 1.82) is 0 Å². The molecule has 27 heteroatoms. The molecule has 15 atom stereocenters. The molecule has 3 aliphatic heterocycles. The van der Waals surface area contributed by atoms with Gasteiger partial charge in [-0.2, -0.15) is 5.10 Å². The third-order valence-electron chi connectivity index (χ3n) is 20.7. The Morgan fingerprint density at radius 3 is 1.31 bits per heavy atom. The highest BCUT2D eigenvalue weighted by Crippen LogP contribution is 2.46. The number of pyridine rings is 3. The Morgan fingerprint density at radius 1 is 0.495 bits per heavy atom. The number of aliphatic hydroxyl groups excluding tert-OH is 4. The lowest BCUT2D eigenvalue weighted by Crippen LogP contribution is -2.55. The molecule has 9 heterocycles. The van der Waals surface area contributed by atoms with Gasteiger partial charge < -0.3 is 53.6 Å². The number of hydrogen-bond donors (Lipinski definition) is 5. The molecule has 107 heavy (non-hydrogen) atoms. The first-order valence-corrected chi connectivity index (χ1v) is 37.4. The van der Waals surface area contributed by atoms with Gasteiger partial charge >= 0.3 is 17.1 Å². The third kappa shape index (κ3) is 19.2. The Hall–Kier alpha value is -8.05. The van der Waals surface area contributed by atoms with Crippen LogP contribution in [0.15, 0.2) is 191 Å². The number of aromatic amines is 1. The SMILES string of the molecule is C.COc1ccc(COCC2O[C@@H](c3ccc(Cl)c(CBr)c3)C(C)[C@@H](C)[C@@H]2C)cc1.COc1ccc(COCC2O[C@@H](c3ccc(Cl)c(Cn4nc5ccccn5c4=O)c3)C(C)[C@@H](C)[C@@H]2C)cc1.O=c1[nH]nc2ccccn12.O=c1n(Cc2cc([C@@H]3OC(CO)[C@@H](O)[C@H](O)C3O)ccc2Cl)nc2ccccn12.[2H][2H]. The van der Waals surface area contributed by atoms with Crippen LogP contribution in [0.1, 0.15) is 115 Å². The monoisotopic (exact) mass is 1590 g/mol. The molecule has 11 aromatic rings. The Bertz CT molecular complexity index is 4910. The van der Waals surface area contributed by atoms with E-state index in [1.165, 1.54) is 28.1 Å². The zero-order valence-corrected chi connectivity index (χ0v) is 63.9. The number of nitrogens with zero attached hydrogens (tertiary/aromatic N) is 8. The van der Waals surface area contributed by atoms with Gasteiger partial charge in [0.25, 0.3) is 0 Å². The van der Waals surface area contributed by atoms with Gasteiger partial charge in [0.1, 0.15) is 42.0 Å². The van der Waals surface area contributed by atoms with E-state index in [9.17, 15) is 34.8 Å². The van der Waals surface area contributed by atoms with Crippen LogP contribution >= 0.6 is 50.7 Å². The first-order valence-electron chi connectivity index (χ1n) is 36.1. The van der Waals surface area contributed by atoms with Crippen LogP contribution < -0.4 is 26.5 Å². The van der Waals surface area contributed by atoms with E-state index in [-0.39, 0.29) is 62.0 Å². The van der Waals surface area contributed by atoms with Crippen molar-refractivity contribution in [3.63, 3.8) is 0 Å². The lowest BCUT2D eigenvalue weighted by Gasteiger charge is -2.44. The van der Waals surface area contributed by atoms with Crippen molar-refractivity contribution >= 4 is 67.7 Å². The Morgan fingerprint density at radius 2 is 0.897 bits per heavy atom. The third-order valence-corrected chi connectivity index (χ3v) is 22.4. The van der Waals surface area contributed by atoms with E-state index in [2.05, 4.69) is 96.1 Å². The fourth-order valence-electron chi connectivity index (χ4n) is 13.6. The van der Waals surface area contributed by atoms with Crippen molar-refractivity contribution in [2.75, 3.05) is 34.0 Å². The predicted molar refractivity (Wildman–Crippen MR) is 417 cm³/mol. The number of halogens is 4. The molecule has 572 valence electrons.